The largest absolute Gasteiger partial charge is 0.324 e. The molecular formula is C16H19ClN4. The van der Waals surface area contributed by atoms with Gasteiger partial charge in [-0.05, 0) is 19.2 Å². The minimum Gasteiger partial charge on any atom is -0.324 e. The Kier molecular flexibility index (Phi) is 4.08. The van der Waals surface area contributed by atoms with E-state index in [9.17, 15) is 0 Å². The molecule has 2 aromatic heterocycles. The van der Waals surface area contributed by atoms with E-state index in [4.69, 9.17) is 11.6 Å². The van der Waals surface area contributed by atoms with Crippen molar-refractivity contribution >= 4 is 33.5 Å². The van der Waals surface area contributed by atoms with E-state index in [1.165, 1.54) is 11.8 Å². The van der Waals surface area contributed by atoms with Gasteiger partial charge in [0.15, 0.2) is 0 Å². The maximum atomic E-state index is 6.29. The Morgan fingerprint density at radius 1 is 1.14 bits per heavy atom. The number of hydrogen-bond acceptors (Lipinski definition) is 3. The summed E-state index contributed by atoms with van der Waals surface area (Å²) in [7, 11) is 0. The van der Waals surface area contributed by atoms with Gasteiger partial charge in [0.1, 0.15) is 17.1 Å². The normalized spacial score (nSPS) is 11.8. The Balaban J connectivity index is 2.13. The molecule has 3 aromatic rings. The van der Waals surface area contributed by atoms with Crippen molar-refractivity contribution in [3.8, 4) is 0 Å². The summed E-state index contributed by atoms with van der Waals surface area (Å²) in [6, 6.07) is 8.28. The van der Waals surface area contributed by atoms with Crippen LogP contribution >= 0.6 is 11.6 Å². The van der Waals surface area contributed by atoms with Gasteiger partial charge in [0.05, 0.1) is 10.9 Å². The Labute approximate surface area is 129 Å². The molecule has 1 aromatic carbocycles. The molecule has 0 fully saturated rings. The zero-order chi connectivity index (χ0) is 14.8. The number of fused-ring (bicyclic) bond motifs is 3. The van der Waals surface area contributed by atoms with Crippen LogP contribution in [0, 0.1) is 0 Å². The van der Waals surface area contributed by atoms with Gasteiger partial charge in [0.2, 0.25) is 0 Å². The number of halogens is 1. The van der Waals surface area contributed by atoms with Crippen LogP contribution in [0.25, 0.3) is 21.9 Å². The fourth-order valence-corrected chi connectivity index (χ4v) is 3.06. The van der Waals surface area contributed by atoms with Crippen LogP contribution in [0.5, 0.6) is 0 Å². The van der Waals surface area contributed by atoms with Gasteiger partial charge in [-0.1, -0.05) is 43.6 Å². The molecule has 0 radical (unpaired) electrons. The highest BCUT2D eigenvalue weighted by atomic mass is 35.5. The van der Waals surface area contributed by atoms with Gasteiger partial charge in [-0.2, -0.15) is 0 Å². The Bertz CT molecular complexity index is 761. The Morgan fingerprint density at radius 2 is 1.90 bits per heavy atom. The molecule has 0 N–H and O–H groups in total. The van der Waals surface area contributed by atoms with Crippen molar-refractivity contribution in [1.29, 1.82) is 0 Å². The Hall–Kier alpha value is -1.65. The van der Waals surface area contributed by atoms with Gasteiger partial charge < -0.3 is 9.47 Å². The molecule has 0 unspecified atom stereocenters. The minimum atomic E-state index is 0.526. The third-order valence-corrected chi connectivity index (χ3v) is 4.32. The third kappa shape index (κ3) is 2.49. The zero-order valence-corrected chi connectivity index (χ0v) is 13.1. The van der Waals surface area contributed by atoms with E-state index in [0.717, 1.165) is 42.6 Å². The zero-order valence-electron chi connectivity index (χ0n) is 12.4. The van der Waals surface area contributed by atoms with Gasteiger partial charge >= 0.3 is 0 Å². The van der Waals surface area contributed by atoms with Gasteiger partial charge in [-0.15, -0.1) is 0 Å². The van der Waals surface area contributed by atoms with E-state index in [2.05, 4.69) is 51.5 Å². The molecule has 0 bridgehead atoms. The predicted molar refractivity (Wildman–Crippen MR) is 87.8 cm³/mol. The van der Waals surface area contributed by atoms with Crippen LogP contribution in [0.1, 0.15) is 13.8 Å². The lowest BCUT2D eigenvalue weighted by Crippen LogP contribution is -2.27. The van der Waals surface area contributed by atoms with Crippen molar-refractivity contribution in [3.63, 3.8) is 0 Å². The summed E-state index contributed by atoms with van der Waals surface area (Å²) in [5, 5.41) is 2.60. The molecule has 0 spiro atoms. The topological polar surface area (TPSA) is 34.0 Å². The van der Waals surface area contributed by atoms with Crippen molar-refractivity contribution < 1.29 is 0 Å². The van der Waals surface area contributed by atoms with Crippen molar-refractivity contribution in [2.24, 2.45) is 0 Å². The summed E-state index contributed by atoms with van der Waals surface area (Å²) in [5.74, 6) is 0. The van der Waals surface area contributed by atoms with Gasteiger partial charge in [-0.3, -0.25) is 0 Å². The monoisotopic (exact) mass is 302 g/mol. The maximum absolute atomic E-state index is 6.29. The molecule has 0 aliphatic heterocycles. The molecule has 0 aliphatic carbocycles. The first-order valence-electron chi connectivity index (χ1n) is 7.36. The van der Waals surface area contributed by atoms with Crippen molar-refractivity contribution in [2.75, 3.05) is 19.6 Å². The van der Waals surface area contributed by atoms with E-state index in [0.29, 0.717) is 5.15 Å². The number of benzene rings is 1. The Morgan fingerprint density at radius 3 is 2.67 bits per heavy atom. The number of nitrogens with zero attached hydrogens (tertiary/aromatic N) is 4. The lowest BCUT2D eigenvalue weighted by Gasteiger charge is -2.18. The molecular weight excluding hydrogens is 284 g/mol. The van der Waals surface area contributed by atoms with Crippen LogP contribution in [-0.4, -0.2) is 39.1 Å². The highest BCUT2D eigenvalue weighted by Gasteiger charge is 2.14. The second-order valence-corrected chi connectivity index (χ2v) is 5.42. The van der Waals surface area contributed by atoms with Crippen molar-refractivity contribution in [2.45, 2.75) is 20.4 Å². The third-order valence-electron chi connectivity index (χ3n) is 4.04. The molecule has 0 saturated heterocycles. The lowest BCUT2D eigenvalue weighted by atomic mass is 10.2. The fraction of sp³-hybridized carbons (Fsp3) is 0.375. The molecule has 0 amide bonds. The number of hydrogen-bond donors (Lipinski definition) is 0. The molecule has 3 rings (SSSR count). The average Bonchev–Trinajstić information content (AvgIpc) is 2.84. The number of likely N-dealkylation sites (N-methyl/N-ethyl adjacent to an activating group) is 1. The SMILES string of the molecule is CCN(CC)CCn1c2ccccc2c2c(Cl)ncnc21. The van der Waals surface area contributed by atoms with E-state index in [1.54, 1.807) is 0 Å². The van der Waals surface area contributed by atoms with Crippen LogP contribution in [0.15, 0.2) is 30.6 Å². The first-order chi connectivity index (χ1) is 10.3. The summed E-state index contributed by atoms with van der Waals surface area (Å²) in [6.45, 7) is 8.40. The fourth-order valence-electron chi connectivity index (χ4n) is 2.83. The molecule has 0 aliphatic rings. The summed E-state index contributed by atoms with van der Waals surface area (Å²) >= 11 is 6.29. The van der Waals surface area contributed by atoms with Gasteiger partial charge in [-0.25, -0.2) is 9.97 Å². The molecule has 5 heteroatoms. The van der Waals surface area contributed by atoms with E-state index >= 15 is 0 Å². The lowest BCUT2D eigenvalue weighted by molar-refractivity contribution is 0.293. The maximum Gasteiger partial charge on any atom is 0.146 e. The first-order valence-corrected chi connectivity index (χ1v) is 7.73. The van der Waals surface area contributed by atoms with Crippen molar-refractivity contribution in [3.05, 3.63) is 35.7 Å². The minimum absolute atomic E-state index is 0.526. The molecule has 2 heterocycles. The quantitative estimate of drug-likeness (QED) is 0.676. The summed E-state index contributed by atoms with van der Waals surface area (Å²) in [4.78, 5) is 11.0. The van der Waals surface area contributed by atoms with Gasteiger partial charge in [0.25, 0.3) is 0 Å². The summed E-state index contributed by atoms with van der Waals surface area (Å²) in [5.41, 5.74) is 2.09. The average molecular weight is 303 g/mol. The summed E-state index contributed by atoms with van der Waals surface area (Å²) < 4.78 is 2.25. The first kappa shape index (κ1) is 14.3. The molecule has 0 saturated carbocycles. The summed E-state index contributed by atoms with van der Waals surface area (Å²) in [6.07, 6.45) is 1.54. The van der Waals surface area contributed by atoms with Crippen LogP contribution in [0.4, 0.5) is 0 Å². The van der Waals surface area contributed by atoms with Crippen LogP contribution < -0.4 is 0 Å². The van der Waals surface area contributed by atoms with E-state index < -0.39 is 0 Å². The highest BCUT2D eigenvalue weighted by molar-refractivity contribution is 6.36. The molecule has 0 atom stereocenters. The molecule has 110 valence electrons. The van der Waals surface area contributed by atoms with Crippen LogP contribution in [0.2, 0.25) is 5.15 Å². The number of rotatable bonds is 5. The number of aromatic nitrogens is 3. The molecule has 21 heavy (non-hydrogen) atoms. The van der Waals surface area contributed by atoms with E-state index in [1.807, 2.05) is 6.07 Å². The standard InChI is InChI=1S/C16H19ClN4/c1-3-20(4-2)9-10-21-13-8-6-5-7-12(13)14-15(17)18-11-19-16(14)21/h5-8,11H,3-4,9-10H2,1-2H3. The second-order valence-electron chi connectivity index (χ2n) is 5.06. The van der Waals surface area contributed by atoms with Crippen LogP contribution in [-0.2, 0) is 6.54 Å². The highest BCUT2D eigenvalue weighted by Crippen LogP contribution is 2.31. The number of para-hydroxylation sites is 1. The van der Waals surface area contributed by atoms with Gasteiger partial charge in [0, 0.05) is 18.5 Å². The predicted octanol–water partition coefficient (Wildman–Crippen LogP) is 3.58. The smallest absolute Gasteiger partial charge is 0.146 e. The van der Waals surface area contributed by atoms with Crippen LogP contribution in [0.3, 0.4) is 0 Å². The second kappa shape index (κ2) is 6.00. The van der Waals surface area contributed by atoms with Crippen molar-refractivity contribution in [1.82, 2.24) is 19.4 Å². The van der Waals surface area contributed by atoms with E-state index in [-0.39, 0.29) is 0 Å². The molecule has 4 nitrogen and oxygen atoms in total.